The second kappa shape index (κ2) is 9.01. The Morgan fingerprint density at radius 3 is 2.80 bits per heavy atom. The maximum absolute atomic E-state index is 6.24. The molecule has 3 aliphatic heterocycles. The minimum Gasteiger partial charge on any atom is -0.381 e. The highest BCUT2D eigenvalue weighted by atomic mass is 35.5. The number of thioether (sulfide) groups is 1. The van der Waals surface area contributed by atoms with Crippen LogP contribution in [0.1, 0.15) is 62.7 Å². The molecule has 0 unspecified atom stereocenters. The first-order valence-corrected chi connectivity index (χ1v) is 11.1. The van der Waals surface area contributed by atoms with Gasteiger partial charge in [-0.2, -0.15) is 11.8 Å². The summed E-state index contributed by atoms with van der Waals surface area (Å²) >= 11 is 2.13. The number of anilines is 1. The predicted molar refractivity (Wildman–Crippen MR) is 111 cm³/mol. The number of rotatable bonds is 5. The number of aryl methyl sites for hydroxylation is 1. The Balaban J connectivity index is 0.00000182. The molecular weight excluding hydrogens is 350 g/mol. The summed E-state index contributed by atoms with van der Waals surface area (Å²) in [5, 5.41) is 3.94. The van der Waals surface area contributed by atoms with E-state index in [2.05, 4.69) is 42.2 Å². The fourth-order valence-corrected chi connectivity index (χ4v) is 5.98. The number of nitrogens with one attached hydrogen (secondary N) is 1. The van der Waals surface area contributed by atoms with Crippen LogP contribution in [-0.4, -0.2) is 24.2 Å². The highest BCUT2D eigenvalue weighted by Crippen LogP contribution is 2.48. The van der Waals surface area contributed by atoms with E-state index in [1.807, 2.05) is 0 Å². The molecule has 3 atom stereocenters. The molecule has 0 aromatic heterocycles. The number of hydrogen-bond donors (Lipinski definition) is 1. The van der Waals surface area contributed by atoms with Crippen LogP contribution in [0.3, 0.4) is 0 Å². The second-order valence-electron chi connectivity index (χ2n) is 7.74. The SMILES string of the molecule is CCCCCc1ccc2c(c1)[C@H]1OCC[C@H]1[C@@H](C1CCSCC1)N2.Cl. The smallest absolute Gasteiger partial charge is 0.0893 e. The van der Waals surface area contributed by atoms with Gasteiger partial charge in [-0.3, -0.25) is 0 Å². The third-order valence-electron chi connectivity index (χ3n) is 6.19. The van der Waals surface area contributed by atoms with E-state index in [-0.39, 0.29) is 12.4 Å². The van der Waals surface area contributed by atoms with Crippen molar-refractivity contribution in [3.8, 4) is 0 Å². The van der Waals surface area contributed by atoms with Crippen LogP contribution in [0.2, 0.25) is 0 Å². The first-order chi connectivity index (χ1) is 11.9. The first-order valence-electron chi connectivity index (χ1n) is 9.95. The van der Waals surface area contributed by atoms with E-state index in [4.69, 9.17) is 4.74 Å². The molecule has 2 saturated heterocycles. The summed E-state index contributed by atoms with van der Waals surface area (Å²) in [6.45, 7) is 3.21. The lowest BCUT2D eigenvalue weighted by Gasteiger charge is -2.42. The fourth-order valence-electron chi connectivity index (χ4n) is 4.84. The van der Waals surface area contributed by atoms with Crippen LogP contribution in [0, 0.1) is 11.8 Å². The van der Waals surface area contributed by atoms with Crippen molar-refractivity contribution in [2.45, 2.75) is 64.0 Å². The van der Waals surface area contributed by atoms with Crippen molar-refractivity contribution in [2.75, 3.05) is 23.4 Å². The zero-order valence-electron chi connectivity index (χ0n) is 15.3. The summed E-state index contributed by atoms with van der Waals surface area (Å²) in [7, 11) is 0. The van der Waals surface area contributed by atoms with Crippen molar-refractivity contribution < 1.29 is 4.74 Å². The predicted octanol–water partition coefficient (Wildman–Crippen LogP) is 5.86. The normalized spacial score (nSPS) is 28.6. The van der Waals surface area contributed by atoms with E-state index in [9.17, 15) is 0 Å². The van der Waals surface area contributed by atoms with Gasteiger partial charge in [-0.25, -0.2) is 0 Å². The van der Waals surface area contributed by atoms with Crippen molar-refractivity contribution in [1.29, 1.82) is 0 Å². The van der Waals surface area contributed by atoms with E-state index in [1.54, 1.807) is 0 Å². The molecule has 1 N–H and O–H groups in total. The van der Waals surface area contributed by atoms with Crippen molar-refractivity contribution >= 4 is 29.9 Å². The topological polar surface area (TPSA) is 21.3 Å². The van der Waals surface area contributed by atoms with Crippen LogP contribution < -0.4 is 5.32 Å². The third-order valence-corrected chi connectivity index (χ3v) is 7.23. The molecule has 2 fully saturated rings. The zero-order chi connectivity index (χ0) is 16.4. The first kappa shape index (κ1) is 19.4. The van der Waals surface area contributed by atoms with Gasteiger partial charge in [-0.1, -0.05) is 31.9 Å². The van der Waals surface area contributed by atoms with Gasteiger partial charge in [-0.05, 0) is 61.2 Å². The Bertz CT molecular complexity index is 561. The lowest BCUT2D eigenvalue weighted by Crippen LogP contribution is -2.42. The number of halogens is 1. The molecule has 0 spiro atoms. The van der Waals surface area contributed by atoms with Gasteiger partial charge < -0.3 is 10.1 Å². The molecule has 0 amide bonds. The van der Waals surface area contributed by atoms with Crippen molar-refractivity contribution in [2.24, 2.45) is 11.8 Å². The summed E-state index contributed by atoms with van der Waals surface area (Å²) in [5.74, 6) is 4.18. The number of hydrogen-bond acceptors (Lipinski definition) is 3. The molecule has 3 heterocycles. The largest absolute Gasteiger partial charge is 0.381 e. The highest BCUT2D eigenvalue weighted by Gasteiger charge is 2.43. The van der Waals surface area contributed by atoms with Gasteiger partial charge in [0.2, 0.25) is 0 Å². The third kappa shape index (κ3) is 4.14. The van der Waals surface area contributed by atoms with Gasteiger partial charge >= 0.3 is 0 Å². The molecule has 0 bridgehead atoms. The summed E-state index contributed by atoms with van der Waals surface area (Å²) in [5.41, 5.74) is 4.28. The maximum atomic E-state index is 6.24. The number of fused-ring (bicyclic) bond motifs is 3. The minimum absolute atomic E-state index is 0. The molecule has 4 heteroatoms. The van der Waals surface area contributed by atoms with Crippen molar-refractivity contribution in [3.05, 3.63) is 29.3 Å². The maximum Gasteiger partial charge on any atom is 0.0893 e. The average Bonchev–Trinajstić information content (AvgIpc) is 3.12. The van der Waals surface area contributed by atoms with Crippen LogP contribution in [0.15, 0.2) is 18.2 Å². The Kier molecular flexibility index (Phi) is 6.99. The van der Waals surface area contributed by atoms with Crippen LogP contribution in [0.25, 0.3) is 0 Å². The van der Waals surface area contributed by atoms with Crippen molar-refractivity contribution in [1.82, 2.24) is 0 Å². The van der Waals surface area contributed by atoms with Crippen LogP contribution in [-0.2, 0) is 11.2 Å². The van der Waals surface area contributed by atoms with E-state index in [0.717, 1.165) is 12.5 Å². The van der Waals surface area contributed by atoms with Crippen LogP contribution >= 0.6 is 24.2 Å². The number of benzene rings is 1. The quantitative estimate of drug-likeness (QED) is 0.645. The Morgan fingerprint density at radius 1 is 1.16 bits per heavy atom. The average molecular weight is 382 g/mol. The van der Waals surface area contributed by atoms with E-state index < -0.39 is 0 Å². The van der Waals surface area contributed by atoms with Crippen molar-refractivity contribution in [3.63, 3.8) is 0 Å². The molecule has 4 rings (SSSR count). The Hall–Kier alpha value is -0.380. The van der Waals surface area contributed by atoms with Gasteiger partial charge in [0.05, 0.1) is 6.10 Å². The highest BCUT2D eigenvalue weighted by molar-refractivity contribution is 7.99. The Labute approximate surface area is 163 Å². The van der Waals surface area contributed by atoms with Gasteiger partial charge in [-0.15, -0.1) is 12.4 Å². The molecule has 140 valence electrons. The molecule has 0 radical (unpaired) electrons. The molecular formula is C21H32ClNOS. The molecule has 25 heavy (non-hydrogen) atoms. The zero-order valence-corrected chi connectivity index (χ0v) is 17.0. The standard InChI is InChI=1S/C21H31NOS.ClH/c1-2-3-4-5-15-6-7-19-18(14-15)21-17(8-11-23-21)20(22-19)16-9-12-24-13-10-16;/h6-7,14,16-17,20-22H,2-5,8-13H2,1H3;1H/t17-,20+,21-;/m0./s1. The summed E-state index contributed by atoms with van der Waals surface area (Å²) in [6.07, 6.45) is 9.45. The molecule has 1 aromatic rings. The number of unbranched alkanes of at least 4 members (excludes halogenated alkanes) is 2. The van der Waals surface area contributed by atoms with E-state index in [1.165, 1.54) is 73.3 Å². The Morgan fingerprint density at radius 2 is 2.00 bits per heavy atom. The summed E-state index contributed by atoms with van der Waals surface area (Å²) in [4.78, 5) is 0. The minimum atomic E-state index is 0. The molecule has 0 aliphatic carbocycles. The lowest BCUT2D eigenvalue weighted by atomic mass is 9.76. The fraction of sp³-hybridized carbons (Fsp3) is 0.714. The second-order valence-corrected chi connectivity index (χ2v) is 8.97. The van der Waals surface area contributed by atoms with E-state index in [0.29, 0.717) is 18.1 Å². The van der Waals surface area contributed by atoms with Gasteiger partial charge in [0.15, 0.2) is 0 Å². The van der Waals surface area contributed by atoms with Gasteiger partial charge in [0.1, 0.15) is 0 Å². The molecule has 3 aliphatic rings. The van der Waals surface area contributed by atoms with E-state index >= 15 is 0 Å². The van der Waals surface area contributed by atoms with Gasteiger partial charge in [0.25, 0.3) is 0 Å². The molecule has 2 nitrogen and oxygen atoms in total. The van der Waals surface area contributed by atoms with Crippen LogP contribution in [0.4, 0.5) is 5.69 Å². The summed E-state index contributed by atoms with van der Waals surface area (Å²) in [6, 6.07) is 7.73. The van der Waals surface area contributed by atoms with Crippen LogP contribution in [0.5, 0.6) is 0 Å². The lowest BCUT2D eigenvalue weighted by molar-refractivity contribution is 0.0756. The molecule has 1 aromatic carbocycles. The number of ether oxygens (including phenoxy) is 1. The summed E-state index contributed by atoms with van der Waals surface area (Å²) < 4.78 is 6.24. The van der Waals surface area contributed by atoms with Gasteiger partial charge in [0, 0.05) is 29.8 Å². The molecule has 0 saturated carbocycles. The monoisotopic (exact) mass is 381 g/mol.